The van der Waals surface area contributed by atoms with Gasteiger partial charge in [0.1, 0.15) is 11.3 Å². The number of ether oxygens (including phenoxy) is 1. The van der Waals surface area contributed by atoms with Crippen molar-refractivity contribution in [3.8, 4) is 0 Å². The van der Waals surface area contributed by atoms with Gasteiger partial charge in [0, 0.05) is 28.9 Å². The van der Waals surface area contributed by atoms with Crippen molar-refractivity contribution in [2.45, 2.75) is 38.8 Å². The molecular weight excluding hydrogens is 397 g/mol. The van der Waals surface area contributed by atoms with Crippen LogP contribution in [0.3, 0.4) is 0 Å². The molecule has 7 heteroatoms. The van der Waals surface area contributed by atoms with Gasteiger partial charge < -0.3 is 15.0 Å². The second-order valence-corrected chi connectivity index (χ2v) is 7.49. The van der Waals surface area contributed by atoms with Crippen molar-refractivity contribution >= 4 is 34.6 Å². The van der Waals surface area contributed by atoms with Crippen LogP contribution >= 0.6 is 22.6 Å². The zero-order chi connectivity index (χ0) is 16.3. The molecule has 1 saturated heterocycles. The molecule has 22 heavy (non-hydrogen) atoms. The number of hydrogen-bond acceptors (Lipinski definition) is 4. The van der Waals surface area contributed by atoms with Gasteiger partial charge in [-0.1, -0.05) is 0 Å². The largest absolute Gasteiger partial charge is 0.444 e. The smallest absolute Gasteiger partial charge is 0.410 e. The molecule has 1 aliphatic heterocycles. The van der Waals surface area contributed by atoms with Gasteiger partial charge in [-0.15, -0.1) is 0 Å². The highest BCUT2D eigenvalue weighted by Gasteiger charge is 2.30. The van der Waals surface area contributed by atoms with E-state index in [2.05, 4.69) is 32.9 Å². The molecule has 1 aliphatic rings. The maximum absolute atomic E-state index is 12.1. The maximum atomic E-state index is 12.1. The van der Waals surface area contributed by atoms with E-state index >= 15 is 0 Å². The second-order valence-electron chi connectivity index (χ2n) is 6.25. The zero-order valence-corrected chi connectivity index (χ0v) is 15.1. The number of carbonyl (C=O) groups excluding carboxylic acids is 2. The Morgan fingerprint density at radius 2 is 2.14 bits per heavy atom. The average Bonchev–Trinajstić information content (AvgIpc) is 2.86. The first-order chi connectivity index (χ1) is 10.2. The summed E-state index contributed by atoms with van der Waals surface area (Å²) in [6.45, 7) is 6.55. The second kappa shape index (κ2) is 6.80. The van der Waals surface area contributed by atoms with Crippen molar-refractivity contribution in [3.63, 3.8) is 0 Å². The first-order valence-electron chi connectivity index (χ1n) is 7.15. The Labute approximate surface area is 143 Å². The molecule has 6 nitrogen and oxygen atoms in total. The predicted octanol–water partition coefficient (Wildman–Crippen LogP) is 2.43. The summed E-state index contributed by atoms with van der Waals surface area (Å²) in [6, 6.07) is 3.46. The molecule has 0 spiro atoms. The lowest BCUT2D eigenvalue weighted by molar-refractivity contribution is 0.0290. The summed E-state index contributed by atoms with van der Waals surface area (Å²) in [4.78, 5) is 29.8. The number of nitrogens with one attached hydrogen (secondary N) is 1. The molecule has 0 saturated carbocycles. The fourth-order valence-electron chi connectivity index (χ4n) is 2.14. The molecule has 2 heterocycles. The van der Waals surface area contributed by atoms with Gasteiger partial charge in [0.15, 0.2) is 0 Å². The highest BCUT2D eigenvalue weighted by atomic mass is 127. The van der Waals surface area contributed by atoms with Gasteiger partial charge >= 0.3 is 6.09 Å². The number of carbonyl (C=O) groups is 2. The molecule has 1 aromatic rings. The SMILES string of the molecule is CC(C)(C)OC(=O)N1CCC(NC(=O)c2ccc(I)cn2)C1. The van der Waals surface area contributed by atoms with Gasteiger partial charge in [-0.3, -0.25) is 4.79 Å². The Bertz CT molecular complexity index is 554. The fraction of sp³-hybridized carbons (Fsp3) is 0.533. The van der Waals surface area contributed by atoms with Gasteiger partial charge in [-0.25, -0.2) is 9.78 Å². The predicted molar refractivity (Wildman–Crippen MR) is 90.6 cm³/mol. The van der Waals surface area contributed by atoms with Gasteiger partial charge in [-0.2, -0.15) is 0 Å². The lowest BCUT2D eigenvalue weighted by Gasteiger charge is -2.24. The third-order valence-electron chi connectivity index (χ3n) is 3.14. The summed E-state index contributed by atoms with van der Waals surface area (Å²) in [6.07, 6.45) is 2.03. The molecule has 2 rings (SSSR count). The highest BCUT2D eigenvalue weighted by molar-refractivity contribution is 14.1. The van der Waals surface area contributed by atoms with Crippen LogP contribution in [0.1, 0.15) is 37.7 Å². The molecule has 120 valence electrons. The zero-order valence-electron chi connectivity index (χ0n) is 12.9. The fourth-order valence-corrected chi connectivity index (χ4v) is 2.46. The summed E-state index contributed by atoms with van der Waals surface area (Å²) in [5, 5.41) is 2.91. The molecule has 2 amide bonds. The minimum atomic E-state index is -0.510. The maximum Gasteiger partial charge on any atom is 0.410 e. The first kappa shape index (κ1) is 17.0. The van der Waals surface area contributed by atoms with E-state index in [1.54, 1.807) is 17.2 Å². The summed E-state index contributed by atoms with van der Waals surface area (Å²) in [5.41, 5.74) is -0.125. The summed E-state index contributed by atoms with van der Waals surface area (Å²) < 4.78 is 6.31. The Morgan fingerprint density at radius 1 is 1.41 bits per heavy atom. The van der Waals surface area contributed by atoms with Crippen LogP contribution in [0.5, 0.6) is 0 Å². The van der Waals surface area contributed by atoms with Crippen molar-refractivity contribution in [1.82, 2.24) is 15.2 Å². The highest BCUT2D eigenvalue weighted by Crippen LogP contribution is 2.15. The Kier molecular flexibility index (Phi) is 5.25. The number of nitrogens with zero attached hydrogens (tertiary/aromatic N) is 2. The van der Waals surface area contributed by atoms with Crippen LogP contribution in [0.4, 0.5) is 4.79 Å². The molecule has 0 radical (unpaired) electrons. The molecule has 1 unspecified atom stereocenters. The molecule has 0 aliphatic carbocycles. The van der Waals surface area contributed by atoms with Crippen molar-refractivity contribution in [3.05, 3.63) is 27.6 Å². The van der Waals surface area contributed by atoms with Crippen molar-refractivity contribution in [1.29, 1.82) is 0 Å². The Morgan fingerprint density at radius 3 is 2.73 bits per heavy atom. The number of hydrogen-bond donors (Lipinski definition) is 1. The number of pyridine rings is 1. The number of amides is 2. The Balaban J connectivity index is 1.87. The monoisotopic (exact) mass is 417 g/mol. The van der Waals surface area contributed by atoms with Crippen LogP contribution in [0.15, 0.2) is 18.3 Å². The molecule has 0 aromatic carbocycles. The lowest BCUT2D eigenvalue weighted by atomic mass is 10.2. The molecule has 1 N–H and O–H groups in total. The summed E-state index contributed by atoms with van der Waals surface area (Å²) in [5.74, 6) is -0.215. The minimum absolute atomic E-state index is 0.0684. The van der Waals surface area contributed by atoms with Crippen molar-refractivity contribution in [2.75, 3.05) is 13.1 Å². The first-order valence-corrected chi connectivity index (χ1v) is 8.23. The van der Waals surface area contributed by atoms with E-state index in [1.807, 2.05) is 26.8 Å². The van der Waals surface area contributed by atoms with Gasteiger partial charge in [0.25, 0.3) is 5.91 Å². The molecule has 1 fully saturated rings. The van der Waals surface area contributed by atoms with E-state index < -0.39 is 5.60 Å². The van der Waals surface area contributed by atoms with Crippen LogP contribution in [0.2, 0.25) is 0 Å². The van der Waals surface area contributed by atoms with E-state index in [4.69, 9.17) is 4.74 Å². The van der Waals surface area contributed by atoms with E-state index in [-0.39, 0.29) is 18.0 Å². The van der Waals surface area contributed by atoms with Gasteiger partial charge in [-0.05, 0) is 61.9 Å². The molecule has 1 atom stereocenters. The summed E-state index contributed by atoms with van der Waals surface area (Å²) >= 11 is 2.14. The van der Waals surface area contributed by atoms with Crippen molar-refractivity contribution < 1.29 is 14.3 Å². The van der Waals surface area contributed by atoms with Gasteiger partial charge in [0.2, 0.25) is 0 Å². The summed E-state index contributed by atoms with van der Waals surface area (Å²) in [7, 11) is 0. The molecular formula is C15H20IN3O3. The third-order valence-corrected chi connectivity index (χ3v) is 3.77. The quantitative estimate of drug-likeness (QED) is 0.751. The van der Waals surface area contributed by atoms with Crippen LogP contribution in [-0.2, 0) is 4.74 Å². The third kappa shape index (κ3) is 4.82. The van der Waals surface area contributed by atoms with Gasteiger partial charge in [0.05, 0.1) is 0 Å². The standard InChI is InChI=1S/C15H20IN3O3/c1-15(2,3)22-14(21)19-7-6-11(9-19)18-13(20)12-5-4-10(16)8-17-12/h4-5,8,11H,6-7,9H2,1-3H3,(H,18,20). The van der Waals surface area contributed by atoms with E-state index in [9.17, 15) is 9.59 Å². The van der Waals surface area contributed by atoms with E-state index in [0.717, 1.165) is 9.99 Å². The number of likely N-dealkylation sites (tertiary alicyclic amines) is 1. The van der Waals surface area contributed by atoms with Crippen molar-refractivity contribution in [2.24, 2.45) is 0 Å². The topological polar surface area (TPSA) is 71.5 Å². The van der Waals surface area contributed by atoms with Crippen LogP contribution < -0.4 is 5.32 Å². The Hall–Kier alpha value is -1.38. The van der Waals surface area contributed by atoms with Crippen LogP contribution in [-0.4, -0.2) is 46.6 Å². The minimum Gasteiger partial charge on any atom is -0.444 e. The van der Waals surface area contributed by atoms with E-state index in [1.165, 1.54) is 0 Å². The number of rotatable bonds is 2. The molecule has 1 aromatic heterocycles. The molecule has 0 bridgehead atoms. The normalized spacial score (nSPS) is 18.2. The average molecular weight is 417 g/mol. The number of aromatic nitrogens is 1. The van der Waals surface area contributed by atoms with E-state index in [0.29, 0.717) is 18.8 Å². The number of halogens is 1. The lowest BCUT2D eigenvalue weighted by Crippen LogP contribution is -2.40. The van der Waals surface area contributed by atoms with Crippen LogP contribution in [0.25, 0.3) is 0 Å². The van der Waals surface area contributed by atoms with Crippen LogP contribution in [0, 0.1) is 3.57 Å².